The molecule has 1 atom stereocenters. The van der Waals surface area contributed by atoms with E-state index in [9.17, 15) is 14.4 Å². The minimum absolute atomic E-state index is 0.0130. The van der Waals surface area contributed by atoms with Crippen LogP contribution in [0.1, 0.15) is 24.8 Å². The lowest BCUT2D eigenvalue weighted by molar-refractivity contribution is -0.142. The van der Waals surface area contributed by atoms with Gasteiger partial charge in [0.05, 0.1) is 19.1 Å². The van der Waals surface area contributed by atoms with Crippen molar-refractivity contribution in [2.45, 2.75) is 25.9 Å². The van der Waals surface area contributed by atoms with Gasteiger partial charge in [0.1, 0.15) is 18.2 Å². The van der Waals surface area contributed by atoms with E-state index in [1.54, 1.807) is 4.90 Å². The lowest BCUT2D eigenvalue weighted by Crippen LogP contribution is -2.44. The summed E-state index contributed by atoms with van der Waals surface area (Å²) in [6, 6.07) is 9.52. The van der Waals surface area contributed by atoms with E-state index >= 15 is 0 Å². The van der Waals surface area contributed by atoms with Gasteiger partial charge in [0.15, 0.2) is 0 Å². The van der Waals surface area contributed by atoms with Gasteiger partial charge >= 0.3 is 6.09 Å². The van der Waals surface area contributed by atoms with Crippen LogP contribution in [-0.4, -0.2) is 48.9 Å². The molecule has 0 radical (unpaired) electrons. The molecule has 0 aromatic heterocycles. The Morgan fingerprint density at radius 3 is 2.56 bits per heavy atom. The fourth-order valence-corrected chi connectivity index (χ4v) is 3.32. The van der Waals surface area contributed by atoms with Crippen LogP contribution < -0.4 is 0 Å². The number of hydrogen-bond acceptors (Lipinski definition) is 5. The molecule has 2 saturated heterocycles. The average molecular weight is 345 g/mol. The summed E-state index contributed by atoms with van der Waals surface area (Å²) < 4.78 is 10.6. The van der Waals surface area contributed by atoms with E-state index in [-0.39, 0.29) is 36.8 Å². The number of carbonyl (C=O) groups excluding carboxylic acids is 3. The summed E-state index contributed by atoms with van der Waals surface area (Å²) in [4.78, 5) is 38.2. The first-order chi connectivity index (χ1) is 12.1. The third-order valence-corrected chi connectivity index (χ3v) is 4.87. The Morgan fingerprint density at radius 1 is 1.16 bits per heavy atom. The highest BCUT2D eigenvalue weighted by Crippen LogP contribution is 2.24. The minimum atomic E-state index is -0.615. The zero-order valence-electron chi connectivity index (χ0n) is 14.2. The molecule has 0 spiro atoms. The number of ether oxygens (including phenoxy) is 2. The van der Waals surface area contributed by atoms with Crippen molar-refractivity contribution in [3.05, 3.63) is 35.9 Å². The minimum Gasteiger partial charge on any atom is -0.445 e. The second-order valence-corrected chi connectivity index (χ2v) is 6.55. The fourth-order valence-electron chi connectivity index (χ4n) is 3.32. The topological polar surface area (TPSA) is 72.9 Å². The van der Waals surface area contributed by atoms with Gasteiger partial charge in [-0.3, -0.25) is 9.59 Å². The number of amides is 1. The predicted octanol–water partition coefficient (Wildman–Crippen LogP) is 2.21. The summed E-state index contributed by atoms with van der Waals surface area (Å²) in [5.74, 6) is -0.827. The van der Waals surface area contributed by atoms with Crippen LogP contribution in [0.15, 0.2) is 30.3 Å². The number of benzene rings is 1. The normalized spacial score (nSPS) is 21.8. The van der Waals surface area contributed by atoms with E-state index in [1.807, 2.05) is 30.3 Å². The van der Waals surface area contributed by atoms with Crippen LogP contribution in [-0.2, 0) is 25.7 Å². The molecule has 1 amide bonds. The van der Waals surface area contributed by atoms with Crippen LogP contribution in [0.4, 0.5) is 4.79 Å². The Labute approximate surface area is 147 Å². The number of likely N-dealkylation sites (tertiary alicyclic amines) is 1. The second-order valence-electron chi connectivity index (χ2n) is 6.55. The Morgan fingerprint density at radius 2 is 1.88 bits per heavy atom. The molecule has 6 nitrogen and oxygen atoms in total. The van der Waals surface area contributed by atoms with Crippen molar-refractivity contribution in [2.75, 3.05) is 26.3 Å². The van der Waals surface area contributed by atoms with Crippen LogP contribution in [0, 0.1) is 11.8 Å². The van der Waals surface area contributed by atoms with E-state index in [1.165, 1.54) is 0 Å². The quantitative estimate of drug-likeness (QED) is 0.782. The molecule has 0 bridgehead atoms. The number of carbonyl (C=O) groups is 3. The van der Waals surface area contributed by atoms with Gasteiger partial charge in [-0.25, -0.2) is 4.79 Å². The number of nitrogens with zero attached hydrogens (tertiary/aromatic N) is 1. The Bertz CT molecular complexity index is 622. The van der Waals surface area contributed by atoms with Crippen molar-refractivity contribution >= 4 is 17.7 Å². The number of ketones is 2. The monoisotopic (exact) mass is 345 g/mol. The molecule has 0 saturated carbocycles. The van der Waals surface area contributed by atoms with E-state index < -0.39 is 5.92 Å². The first kappa shape index (κ1) is 17.6. The molecule has 25 heavy (non-hydrogen) atoms. The van der Waals surface area contributed by atoms with Crippen molar-refractivity contribution < 1.29 is 23.9 Å². The van der Waals surface area contributed by atoms with Crippen molar-refractivity contribution in [2.24, 2.45) is 11.8 Å². The molecule has 1 aromatic carbocycles. The summed E-state index contributed by atoms with van der Waals surface area (Å²) in [5, 5.41) is 0. The molecule has 1 unspecified atom stereocenters. The van der Waals surface area contributed by atoms with Crippen molar-refractivity contribution in [3.63, 3.8) is 0 Å². The molecule has 1 aromatic rings. The highest BCUT2D eigenvalue weighted by molar-refractivity contribution is 6.03. The number of Topliss-reactive ketones (excluding diaryl/α,β-unsaturated/α-hetero) is 2. The van der Waals surface area contributed by atoms with Crippen LogP contribution in [0.2, 0.25) is 0 Å². The molecule has 2 aliphatic rings. The highest BCUT2D eigenvalue weighted by Gasteiger charge is 2.36. The van der Waals surface area contributed by atoms with Gasteiger partial charge in [-0.05, 0) is 18.4 Å². The number of piperidine rings is 1. The van der Waals surface area contributed by atoms with Gasteiger partial charge in [0, 0.05) is 25.4 Å². The average Bonchev–Trinajstić information content (AvgIpc) is 2.67. The van der Waals surface area contributed by atoms with E-state index in [0.29, 0.717) is 39.0 Å². The van der Waals surface area contributed by atoms with Crippen LogP contribution >= 0.6 is 0 Å². The van der Waals surface area contributed by atoms with Crippen LogP contribution in [0.3, 0.4) is 0 Å². The third-order valence-electron chi connectivity index (χ3n) is 4.87. The molecule has 3 rings (SSSR count). The van der Waals surface area contributed by atoms with Gasteiger partial charge in [-0.1, -0.05) is 30.3 Å². The van der Waals surface area contributed by atoms with E-state index in [0.717, 1.165) is 5.56 Å². The molecular formula is C19H23NO5. The predicted molar refractivity (Wildman–Crippen MR) is 89.9 cm³/mol. The van der Waals surface area contributed by atoms with Crippen molar-refractivity contribution in [1.82, 2.24) is 4.90 Å². The SMILES string of the molecule is O=C1CCOCC1C(=O)C1CCN(C(=O)OCc2ccccc2)CC1. The fraction of sp³-hybridized carbons (Fsp3) is 0.526. The van der Waals surface area contributed by atoms with E-state index in [2.05, 4.69) is 0 Å². The van der Waals surface area contributed by atoms with Crippen LogP contribution in [0.5, 0.6) is 0 Å². The Hall–Kier alpha value is -2.21. The van der Waals surface area contributed by atoms with Crippen molar-refractivity contribution in [1.29, 1.82) is 0 Å². The first-order valence-corrected chi connectivity index (χ1v) is 8.75. The lowest BCUT2D eigenvalue weighted by Gasteiger charge is -2.32. The van der Waals surface area contributed by atoms with E-state index in [4.69, 9.17) is 9.47 Å². The molecule has 0 aliphatic carbocycles. The Kier molecular flexibility index (Phi) is 5.81. The number of rotatable bonds is 4. The van der Waals surface area contributed by atoms with Gasteiger partial charge in [-0.2, -0.15) is 0 Å². The van der Waals surface area contributed by atoms with Gasteiger partial charge < -0.3 is 14.4 Å². The maximum absolute atomic E-state index is 12.5. The van der Waals surface area contributed by atoms with Gasteiger partial charge in [0.2, 0.25) is 0 Å². The molecule has 0 N–H and O–H groups in total. The maximum atomic E-state index is 12.5. The summed E-state index contributed by atoms with van der Waals surface area (Å²) in [6.07, 6.45) is 1.11. The van der Waals surface area contributed by atoms with Crippen LogP contribution in [0.25, 0.3) is 0 Å². The molecule has 6 heteroatoms. The second kappa shape index (κ2) is 8.25. The first-order valence-electron chi connectivity index (χ1n) is 8.75. The highest BCUT2D eigenvalue weighted by atomic mass is 16.6. The molecule has 2 aliphatic heterocycles. The summed E-state index contributed by atoms with van der Waals surface area (Å²) in [6.45, 7) is 1.81. The maximum Gasteiger partial charge on any atom is 0.410 e. The Balaban J connectivity index is 1.45. The molecule has 134 valence electrons. The summed E-state index contributed by atoms with van der Waals surface area (Å²) in [7, 11) is 0. The zero-order valence-corrected chi connectivity index (χ0v) is 14.2. The summed E-state index contributed by atoms with van der Waals surface area (Å²) >= 11 is 0. The largest absolute Gasteiger partial charge is 0.445 e. The third kappa shape index (κ3) is 4.45. The van der Waals surface area contributed by atoms with Crippen molar-refractivity contribution in [3.8, 4) is 0 Å². The smallest absolute Gasteiger partial charge is 0.410 e. The lowest BCUT2D eigenvalue weighted by atomic mass is 9.83. The molecule has 2 heterocycles. The standard InChI is InChI=1S/C19H23NO5/c21-17-8-11-24-13-16(17)18(22)15-6-9-20(10-7-15)19(23)25-12-14-4-2-1-3-5-14/h1-5,15-16H,6-13H2. The summed E-state index contributed by atoms with van der Waals surface area (Å²) in [5.41, 5.74) is 0.941. The number of hydrogen-bond donors (Lipinski definition) is 0. The van der Waals surface area contributed by atoms with Gasteiger partial charge in [0.25, 0.3) is 0 Å². The van der Waals surface area contributed by atoms with Gasteiger partial charge in [-0.15, -0.1) is 0 Å². The molecule has 2 fully saturated rings. The molecular weight excluding hydrogens is 322 g/mol. The zero-order chi connectivity index (χ0) is 17.6.